The standard InChI is InChI=1S/C16H10.3C2H6/c1-2-8-13-12(7-1)14-9-3-5-11-6-4-10-15(13)16(11)14;3*1-2/h1-10H;3*1-2H3. The molecule has 0 N–H and O–H groups in total. The minimum atomic E-state index is 1.34. The molecule has 0 amide bonds. The van der Waals surface area contributed by atoms with Crippen LogP contribution in [0.2, 0.25) is 0 Å². The van der Waals surface area contributed by atoms with Crippen molar-refractivity contribution in [3.63, 3.8) is 0 Å². The van der Waals surface area contributed by atoms with Crippen LogP contribution in [0.15, 0.2) is 60.7 Å². The van der Waals surface area contributed by atoms with Gasteiger partial charge in [-0.15, -0.1) is 0 Å². The van der Waals surface area contributed by atoms with Crippen LogP contribution in [0, 0.1) is 0 Å². The molecule has 0 heteroatoms. The van der Waals surface area contributed by atoms with Gasteiger partial charge in [0.1, 0.15) is 0 Å². The average molecular weight is 292 g/mol. The van der Waals surface area contributed by atoms with Gasteiger partial charge in [0, 0.05) is 0 Å². The second-order valence-electron chi connectivity index (χ2n) is 4.25. The average Bonchev–Trinajstić information content (AvgIpc) is 2.97. The SMILES string of the molecule is CC.CC.CC.c1ccc2c(c1)-c1cccc3cccc-2c13. The van der Waals surface area contributed by atoms with Gasteiger partial charge in [-0.3, -0.25) is 0 Å². The Hall–Kier alpha value is -2.08. The van der Waals surface area contributed by atoms with Crippen LogP contribution in [0.1, 0.15) is 41.5 Å². The molecule has 0 radical (unpaired) electrons. The van der Waals surface area contributed by atoms with Crippen LogP contribution >= 0.6 is 0 Å². The van der Waals surface area contributed by atoms with Crippen molar-refractivity contribution in [2.24, 2.45) is 0 Å². The summed E-state index contributed by atoms with van der Waals surface area (Å²) in [5.41, 5.74) is 5.50. The normalized spacial score (nSPS) is 9.36. The van der Waals surface area contributed by atoms with E-state index in [9.17, 15) is 0 Å². The Morgan fingerprint density at radius 1 is 0.409 bits per heavy atom. The molecule has 22 heavy (non-hydrogen) atoms. The zero-order chi connectivity index (χ0) is 16.5. The van der Waals surface area contributed by atoms with E-state index >= 15 is 0 Å². The predicted octanol–water partition coefficient (Wildman–Crippen LogP) is 7.57. The van der Waals surface area contributed by atoms with Crippen LogP contribution in [-0.2, 0) is 0 Å². The summed E-state index contributed by atoms with van der Waals surface area (Å²) in [6.07, 6.45) is 0. The second-order valence-corrected chi connectivity index (χ2v) is 4.25. The maximum absolute atomic E-state index is 2.22. The molecule has 0 fully saturated rings. The largest absolute Gasteiger partial charge is 0.0683 e. The third-order valence-corrected chi connectivity index (χ3v) is 3.41. The first-order chi connectivity index (χ1) is 10.9. The number of hydrogen-bond acceptors (Lipinski definition) is 0. The molecule has 3 aromatic carbocycles. The summed E-state index contributed by atoms with van der Waals surface area (Å²) >= 11 is 0. The fourth-order valence-corrected chi connectivity index (χ4v) is 2.74. The summed E-state index contributed by atoms with van der Waals surface area (Å²) in [6.45, 7) is 12.0. The highest BCUT2D eigenvalue weighted by Crippen LogP contribution is 2.46. The Morgan fingerprint density at radius 3 is 1.18 bits per heavy atom. The van der Waals surface area contributed by atoms with E-state index in [0.717, 1.165) is 0 Å². The minimum absolute atomic E-state index is 1.34. The van der Waals surface area contributed by atoms with E-state index in [1.54, 1.807) is 0 Å². The van der Waals surface area contributed by atoms with Crippen LogP contribution in [0.5, 0.6) is 0 Å². The van der Waals surface area contributed by atoms with E-state index < -0.39 is 0 Å². The monoisotopic (exact) mass is 292 g/mol. The van der Waals surface area contributed by atoms with Gasteiger partial charge in [0.15, 0.2) is 0 Å². The Kier molecular flexibility index (Phi) is 7.39. The Morgan fingerprint density at radius 2 is 0.773 bits per heavy atom. The molecule has 1 aliphatic rings. The molecule has 0 bridgehead atoms. The Balaban J connectivity index is 0.000000365. The number of hydrogen-bond donors (Lipinski definition) is 0. The van der Waals surface area contributed by atoms with Crippen LogP contribution in [0.3, 0.4) is 0 Å². The number of rotatable bonds is 0. The third kappa shape index (κ3) is 3.06. The summed E-state index contributed by atoms with van der Waals surface area (Å²) in [7, 11) is 0. The zero-order valence-electron chi connectivity index (χ0n) is 14.8. The summed E-state index contributed by atoms with van der Waals surface area (Å²) < 4.78 is 0. The van der Waals surface area contributed by atoms with Crippen LogP contribution < -0.4 is 0 Å². The molecule has 4 rings (SSSR count). The van der Waals surface area contributed by atoms with Crippen LogP contribution in [0.4, 0.5) is 0 Å². The van der Waals surface area contributed by atoms with Gasteiger partial charge in [-0.05, 0) is 33.0 Å². The molecule has 0 spiro atoms. The molecule has 0 heterocycles. The summed E-state index contributed by atoms with van der Waals surface area (Å²) in [5.74, 6) is 0. The fraction of sp³-hybridized carbons (Fsp3) is 0.273. The molecule has 0 aliphatic heterocycles. The highest BCUT2D eigenvalue weighted by Gasteiger charge is 2.19. The lowest BCUT2D eigenvalue weighted by Crippen LogP contribution is -1.73. The molecule has 3 aromatic rings. The second kappa shape index (κ2) is 9.04. The molecular formula is C22H28. The zero-order valence-corrected chi connectivity index (χ0v) is 14.8. The number of fused-ring (bicyclic) bond motifs is 3. The van der Waals surface area contributed by atoms with Crippen LogP contribution in [-0.4, -0.2) is 0 Å². The van der Waals surface area contributed by atoms with Crippen molar-refractivity contribution >= 4 is 10.8 Å². The van der Waals surface area contributed by atoms with Crippen molar-refractivity contribution in [3.05, 3.63) is 60.7 Å². The quantitative estimate of drug-likeness (QED) is 0.313. The molecule has 0 nitrogen and oxygen atoms in total. The summed E-state index contributed by atoms with van der Waals surface area (Å²) in [5, 5.41) is 2.75. The molecular weight excluding hydrogens is 264 g/mol. The lowest BCUT2D eigenvalue weighted by atomic mass is 10.0. The molecule has 116 valence electrons. The van der Waals surface area contributed by atoms with Gasteiger partial charge < -0.3 is 0 Å². The summed E-state index contributed by atoms with van der Waals surface area (Å²) in [6, 6.07) is 21.8. The van der Waals surface area contributed by atoms with E-state index in [4.69, 9.17) is 0 Å². The van der Waals surface area contributed by atoms with E-state index in [-0.39, 0.29) is 0 Å². The number of benzene rings is 3. The topological polar surface area (TPSA) is 0 Å². The van der Waals surface area contributed by atoms with Gasteiger partial charge in [-0.25, -0.2) is 0 Å². The van der Waals surface area contributed by atoms with Gasteiger partial charge in [0.25, 0.3) is 0 Å². The smallest absolute Gasteiger partial charge is 0.00264 e. The first-order valence-electron chi connectivity index (χ1n) is 8.57. The Labute approximate surface area is 135 Å². The van der Waals surface area contributed by atoms with E-state index in [1.807, 2.05) is 41.5 Å². The van der Waals surface area contributed by atoms with Crippen molar-refractivity contribution in [1.82, 2.24) is 0 Å². The molecule has 0 aromatic heterocycles. The molecule has 0 unspecified atom stereocenters. The van der Waals surface area contributed by atoms with Gasteiger partial charge in [0.05, 0.1) is 0 Å². The van der Waals surface area contributed by atoms with E-state index in [1.165, 1.54) is 33.0 Å². The van der Waals surface area contributed by atoms with Crippen molar-refractivity contribution in [1.29, 1.82) is 0 Å². The Bertz CT molecular complexity index is 650. The molecule has 0 atom stereocenters. The third-order valence-electron chi connectivity index (χ3n) is 3.41. The van der Waals surface area contributed by atoms with Crippen LogP contribution in [0.25, 0.3) is 33.0 Å². The van der Waals surface area contributed by atoms with E-state index in [2.05, 4.69) is 60.7 Å². The summed E-state index contributed by atoms with van der Waals surface area (Å²) in [4.78, 5) is 0. The lowest BCUT2D eigenvalue weighted by molar-refractivity contribution is 1.50. The highest BCUT2D eigenvalue weighted by atomic mass is 14.2. The van der Waals surface area contributed by atoms with Gasteiger partial charge in [-0.1, -0.05) is 102 Å². The van der Waals surface area contributed by atoms with Gasteiger partial charge in [-0.2, -0.15) is 0 Å². The van der Waals surface area contributed by atoms with Crippen molar-refractivity contribution in [3.8, 4) is 22.3 Å². The molecule has 1 aliphatic carbocycles. The maximum Gasteiger partial charge on any atom is -0.00264 e. The molecule has 0 saturated carbocycles. The highest BCUT2D eigenvalue weighted by molar-refractivity contribution is 6.15. The van der Waals surface area contributed by atoms with Crippen molar-refractivity contribution in [2.75, 3.05) is 0 Å². The van der Waals surface area contributed by atoms with Gasteiger partial charge in [0.2, 0.25) is 0 Å². The lowest BCUT2D eigenvalue weighted by Gasteiger charge is -2.00. The first kappa shape index (κ1) is 18.0. The molecule has 0 saturated heterocycles. The van der Waals surface area contributed by atoms with Gasteiger partial charge >= 0.3 is 0 Å². The maximum atomic E-state index is 2.22. The minimum Gasteiger partial charge on any atom is -0.0683 e. The fourth-order valence-electron chi connectivity index (χ4n) is 2.74. The van der Waals surface area contributed by atoms with Crippen molar-refractivity contribution in [2.45, 2.75) is 41.5 Å². The first-order valence-corrected chi connectivity index (χ1v) is 8.57. The predicted molar refractivity (Wildman–Crippen MR) is 102 cm³/mol. The van der Waals surface area contributed by atoms with E-state index in [0.29, 0.717) is 0 Å². The van der Waals surface area contributed by atoms with Crippen molar-refractivity contribution < 1.29 is 0 Å².